The highest BCUT2D eigenvalue weighted by Crippen LogP contribution is 2.12. The number of rotatable bonds is 6. The molecule has 4 heteroatoms. The standard InChI is InChI=1S/C12H21N3O/c1-4-6-7-8-10-9-11(14-15(10)3)13-12(16)5-2/h9H,4-8H2,1-3H3,(H,13,14,16). The minimum Gasteiger partial charge on any atom is -0.309 e. The van der Waals surface area contributed by atoms with Crippen LogP contribution in [0.15, 0.2) is 6.07 Å². The fourth-order valence-corrected chi connectivity index (χ4v) is 1.59. The van der Waals surface area contributed by atoms with Gasteiger partial charge in [-0.1, -0.05) is 26.7 Å². The quantitative estimate of drug-likeness (QED) is 0.753. The van der Waals surface area contributed by atoms with Crippen LogP contribution in [0.1, 0.15) is 45.2 Å². The SMILES string of the molecule is CCCCCc1cc(NC(=O)CC)nn1C. The highest BCUT2D eigenvalue weighted by atomic mass is 16.1. The van der Waals surface area contributed by atoms with E-state index in [1.807, 2.05) is 24.7 Å². The molecular formula is C12H21N3O. The Morgan fingerprint density at radius 1 is 1.44 bits per heavy atom. The number of hydrogen-bond acceptors (Lipinski definition) is 2. The minimum absolute atomic E-state index is 0.0122. The van der Waals surface area contributed by atoms with E-state index < -0.39 is 0 Å². The fourth-order valence-electron chi connectivity index (χ4n) is 1.59. The second-order valence-electron chi connectivity index (χ2n) is 4.00. The molecule has 1 aromatic rings. The maximum atomic E-state index is 11.2. The Hall–Kier alpha value is -1.32. The van der Waals surface area contributed by atoms with E-state index in [2.05, 4.69) is 17.3 Å². The van der Waals surface area contributed by atoms with Crippen molar-refractivity contribution in [2.45, 2.75) is 46.0 Å². The van der Waals surface area contributed by atoms with Crippen molar-refractivity contribution in [1.29, 1.82) is 0 Å². The van der Waals surface area contributed by atoms with Crippen molar-refractivity contribution in [2.75, 3.05) is 5.32 Å². The zero-order chi connectivity index (χ0) is 12.0. The first kappa shape index (κ1) is 12.7. The van der Waals surface area contributed by atoms with Crippen LogP contribution in [0.25, 0.3) is 0 Å². The summed E-state index contributed by atoms with van der Waals surface area (Å²) in [4.78, 5) is 11.2. The number of anilines is 1. The summed E-state index contributed by atoms with van der Waals surface area (Å²) >= 11 is 0. The molecule has 0 unspecified atom stereocenters. The minimum atomic E-state index is 0.0122. The van der Waals surface area contributed by atoms with E-state index in [4.69, 9.17) is 0 Å². The van der Waals surface area contributed by atoms with Gasteiger partial charge in [0.25, 0.3) is 0 Å². The van der Waals surface area contributed by atoms with Gasteiger partial charge in [0.1, 0.15) is 0 Å². The van der Waals surface area contributed by atoms with E-state index in [0.29, 0.717) is 12.2 Å². The van der Waals surface area contributed by atoms with Gasteiger partial charge in [0.05, 0.1) is 0 Å². The van der Waals surface area contributed by atoms with Gasteiger partial charge in [0.15, 0.2) is 5.82 Å². The van der Waals surface area contributed by atoms with Crippen molar-refractivity contribution in [1.82, 2.24) is 9.78 Å². The molecule has 0 bridgehead atoms. The molecule has 0 radical (unpaired) electrons. The summed E-state index contributed by atoms with van der Waals surface area (Å²) in [5.41, 5.74) is 1.18. The van der Waals surface area contributed by atoms with Gasteiger partial charge in [-0.05, 0) is 12.8 Å². The average molecular weight is 223 g/mol. The summed E-state index contributed by atoms with van der Waals surface area (Å²) in [6.45, 7) is 4.02. The summed E-state index contributed by atoms with van der Waals surface area (Å²) in [6.07, 6.45) is 5.15. The molecule has 0 saturated heterocycles. The van der Waals surface area contributed by atoms with Crippen LogP contribution in [0, 0.1) is 0 Å². The van der Waals surface area contributed by atoms with Gasteiger partial charge in [0, 0.05) is 25.2 Å². The van der Waals surface area contributed by atoms with Gasteiger partial charge in [-0.2, -0.15) is 5.10 Å². The normalized spacial score (nSPS) is 10.4. The molecule has 0 saturated carbocycles. The van der Waals surface area contributed by atoms with Crippen LogP contribution in [0.5, 0.6) is 0 Å². The third kappa shape index (κ3) is 3.68. The number of aromatic nitrogens is 2. The van der Waals surface area contributed by atoms with E-state index in [9.17, 15) is 4.79 Å². The molecule has 1 amide bonds. The first-order valence-electron chi connectivity index (χ1n) is 6.00. The summed E-state index contributed by atoms with van der Waals surface area (Å²) in [7, 11) is 1.92. The molecule has 90 valence electrons. The van der Waals surface area contributed by atoms with Crippen molar-refractivity contribution < 1.29 is 4.79 Å². The molecule has 0 atom stereocenters. The molecule has 16 heavy (non-hydrogen) atoms. The van der Waals surface area contributed by atoms with Crippen molar-refractivity contribution in [3.63, 3.8) is 0 Å². The van der Waals surface area contributed by atoms with E-state index >= 15 is 0 Å². The van der Waals surface area contributed by atoms with Crippen molar-refractivity contribution in [2.24, 2.45) is 7.05 Å². The van der Waals surface area contributed by atoms with Crippen molar-refractivity contribution in [3.05, 3.63) is 11.8 Å². The van der Waals surface area contributed by atoms with E-state index in [1.165, 1.54) is 25.0 Å². The highest BCUT2D eigenvalue weighted by molar-refractivity contribution is 5.89. The second kappa shape index (κ2) is 6.30. The Balaban J connectivity index is 2.55. The van der Waals surface area contributed by atoms with Crippen LogP contribution in [0.3, 0.4) is 0 Å². The van der Waals surface area contributed by atoms with Crippen molar-refractivity contribution in [3.8, 4) is 0 Å². The molecule has 1 heterocycles. The fraction of sp³-hybridized carbons (Fsp3) is 0.667. The summed E-state index contributed by atoms with van der Waals surface area (Å²) in [5.74, 6) is 0.680. The molecule has 0 spiro atoms. The number of aryl methyl sites for hydroxylation is 2. The van der Waals surface area contributed by atoms with Crippen LogP contribution in [0.4, 0.5) is 5.82 Å². The molecule has 0 aliphatic rings. The molecule has 1 N–H and O–H groups in total. The van der Waals surface area contributed by atoms with Gasteiger partial charge in [-0.3, -0.25) is 9.48 Å². The molecule has 0 aromatic carbocycles. The number of hydrogen-bond donors (Lipinski definition) is 1. The number of nitrogens with zero attached hydrogens (tertiary/aromatic N) is 2. The topological polar surface area (TPSA) is 46.9 Å². The molecule has 1 rings (SSSR count). The smallest absolute Gasteiger partial charge is 0.225 e. The van der Waals surface area contributed by atoms with Gasteiger partial charge >= 0.3 is 0 Å². The summed E-state index contributed by atoms with van der Waals surface area (Å²) in [6, 6.07) is 1.96. The first-order chi connectivity index (χ1) is 7.67. The zero-order valence-electron chi connectivity index (χ0n) is 10.4. The molecular weight excluding hydrogens is 202 g/mol. The van der Waals surface area contributed by atoms with Gasteiger partial charge in [-0.25, -0.2) is 0 Å². The molecule has 4 nitrogen and oxygen atoms in total. The monoisotopic (exact) mass is 223 g/mol. The Kier molecular flexibility index (Phi) is 5.02. The molecule has 0 fully saturated rings. The van der Waals surface area contributed by atoms with Crippen LogP contribution >= 0.6 is 0 Å². The van der Waals surface area contributed by atoms with Crippen LogP contribution in [-0.4, -0.2) is 15.7 Å². The highest BCUT2D eigenvalue weighted by Gasteiger charge is 2.06. The zero-order valence-corrected chi connectivity index (χ0v) is 10.4. The Bertz CT molecular complexity index is 344. The van der Waals surface area contributed by atoms with Crippen molar-refractivity contribution >= 4 is 11.7 Å². The second-order valence-corrected chi connectivity index (χ2v) is 4.00. The van der Waals surface area contributed by atoms with E-state index in [-0.39, 0.29) is 5.91 Å². The number of nitrogens with one attached hydrogen (secondary N) is 1. The van der Waals surface area contributed by atoms with Gasteiger partial charge in [-0.15, -0.1) is 0 Å². The number of amides is 1. The predicted octanol–water partition coefficient (Wildman–Crippen LogP) is 2.50. The van der Waals surface area contributed by atoms with Crippen LogP contribution < -0.4 is 5.32 Å². The van der Waals surface area contributed by atoms with Crippen LogP contribution in [-0.2, 0) is 18.3 Å². The number of carbonyl (C=O) groups excluding carboxylic acids is 1. The van der Waals surface area contributed by atoms with E-state index in [1.54, 1.807) is 0 Å². The largest absolute Gasteiger partial charge is 0.309 e. The Morgan fingerprint density at radius 2 is 2.19 bits per heavy atom. The third-order valence-electron chi connectivity index (χ3n) is 2.60. The summed E-state index contributed by atoms with van der Waals surface area (Å²) < 4.78 is 1.85. The molecule has 0 aliphatic heterocycles. The molecule has 1 aromatic heterocycles. The predicted molar refractivity (Wildman–Crippen MR) is 65.4 cm³/mol. The Morgan fingerprint density at radius 3 is 2.81 bits per heavy atom. The number of carbonyl (C=O) groups is 1. The maximum absolute atomic E-state index is 11.2. The number of unbranched alkanes of at least 4 members (excludes halogenated alkanes) is 2. The maximum Gasteiger partial charge on any atom is 0.225 e. The van der Waals surface area contributed by atoms with Gasteiger partial charge in [0.2, 0.25) is 5.91 Å². The lowest BCUT2D eigenvalue weighted by Crippen LogP contribution is -2.10. The Labute approximate surface area is 97.0 Å². The average Bonchev–Trinajstić information content (AvgIpc) is 2.59. The first-order valence-corrected chi connectivity index (χ1v) is 6.00. The lowest BCUT2D eigenvalue weighted by atomic mass is 10.1. The molecule has 0 aliphatic carbocycles. The van der Waals surface area contributed by atoms with Gasteiger partial charge < -0.3 is 5.32 Å². The third-order valence-corrected chi connectivity index (χ3v) is 2.60. The summed E-state index contributed by atoms with van der Waals surface area (Å²) in [5, 5.41) is 7.03. The lowest BCUT2D eigenvalue weighted by molar-refractivity contribution is -0.115. The van der Waals surface area contributed by atoms with E-state index in [0.717, 1.165) is 6.42 Å². The lowest BCUT2D eigenvalue weighted by Gasteiger charge is -1.99. The van der Waals surface area contributed by atoms with Crippen LogP contribution in [0.2, 0.25) is 0 Å².